The smallest absolute Gasteiger partial charge is 0.241 e. The molecule has 1 amide bonds. The monoisotopic (exact) mass is 289 g/mol. The molecule has 4 heteroatoms. The first kappa shape index (κ1) is 15.8. The zero-order chi connectivity index (χ0) is 15.5. The van der Waals surface area contributed by atoms with Gasteiger partial charge in [-0.15, -0.1) is 0 Å². The number of likely N-dealkylation sites (tertiary alicyclic amines) is 1. The maximum Gasteiger partial charge on any atom is 0.241 e. The van der Waals surface area contributed by atoms with Crippen LogP contribution in [0.2, 0.25) is 0 Å². The van der Waals surface area contributed by atoms with Crippen LogP contribution in [-0.4, -0.2) is 29.9 Å². The van der Waals surface area contributed by atoms with E-state index in [1.165, 1.54) is 6.42 Å². The fourth-order valence-electron chi connectivity index (χ4n) is 2.86. The molecule has 4 nitrogen and oxygen atoms in total. The standard InChI is InChI=1S/C17H27N3O/c1-13(20-10-5-8-17(2,3)9-11-20)16(21)19-15-7-4-6-14(18)12-15/h4,6-7,12-13H,5,8-11,18H2,1-3H3,(H,19,21). The number of rotatable bonds is 3. The van der Waals surface area contributed by atoms with Crippen molar-refractivity contribution in [3.63, 3.8) is 0 Å². The minimum Gasteiger partial charge on any atom is -0.399 e. The highest BCUT2D eigenvalue weighted by molar-refractivity contribution is 5.94. The molecule has 116 valence electrons. The number of nitrogen functional groups attached to an aromatic ring is 1. The molecule has 1 fully saturated rings. The third-order valence-corrected chi connectivity index (χ3v) is 4.46. The van der Waals surface area contributed by atoms with Gasteiger partial charge in [-0.3, -0.25) is 9.69 Å². The van der Waals surface area contributed by atoms with Gasteiger partial charge in [-0.2, -0.15) is 0 Å². The number of anilines is 2. The fraction of sp³-hybridized carbons (Fsp3) is 0.588. The lowest BCUT2D eigenvalue weighted by atomic mass is 9.85. The van der Waals surface area contributed by atoms with Crippen LogP contribution in [0.5, 0.6) is 0 Å². The second-order valence-corrected chi connectivity index (χ2v) is 6.84. The van der Waals surface area contributed by atoms with E-state index < -0.39 is 0 Å². The van der Waals surface area contributed by atoms with Crippen molar-refractivity contribution in [2.24, 2.45) is 5.41 Å². The van der Waals surface area contributed by atoms with Crippen LogP contribution in [0.25, 0.3) is 0 Å². The average Bonchev–Trinajstić information content (AvgIpc) is 2.59. The van der Waals surface area contributed by atoms with Crippen molar-refractivity contribution in [1.29, 1.82) is 0 Å². The number of hydrogen-bond donors (Lipinski definition) is 2. The van der Waals surface area contributed by atoms with Gasteiger partial charge in [0.05, 0.1) is 6.04 Å². The number of carbonyl (C=O) groups is 1. The van der Waals surface area contributed by atoms with Gasteiger partial charge in [0, 0.05) is 11.4 Å². The van der Waals surface area contributed by atoms with Crippen LogP contribution in [0.1, 0.15) is 40.0 Å². The summed E-state index contributed by atoms with van der Waals surface area (Å²) < 4.78 is 0. The Balaban J connectivity index is 1.96. The second-order valence-electron chi connectivity index (χ2n) is 6.84. The van der Waals surface area contributed by atoms with E-state index in [1.54, 1.807) is 6.07 Å². The minimum atomic E-state index is -0.111. The topological polar surface area (TPSA) is 58.4 Å². The van der Waals surface area contributed by atoms with Crippen molar-refractivity contribution in [2.75, 3.05) is 24.1 Å². The summed E-state index contributed by atoms with van der Waals surface area (Å²) in [4.78, 5) is 14.7. The molecule has 1 atom stereocenters. The van der Waals surface area contributed by atoms with E-state index >= 15 is 0 Å². The van der Waals surface area contributed by atoms with Crippen LogP contribution >= 0.6 is 0 Å². The Kier molecular flexibility index (Phi) is 4.88. The van der Waals surface area contributed by atoms with E-state index in [-0.39, 0.29) is 11.9 Å². The van der Waals surface area contributed by atoms with Gasteiger partial charge in [0.25, 0.3) is 0 Å². The Morgan fingerprint density at radius 1 is 1.33 bits per heavy atom. The highest BCUT2D eigenvalue weighted by Crippen LogP contribution is 2.30. The molecule has 1 unspecified atom stereocenters. The van der Waals surface area contributed by atoms with Crippen molar-refractivity contribution in [3.05, 3.63) is 24.3 Å². The van der Waals surface area contributed by atoms with Gasteiger partial charge in [0.2, 0.25) is 5.91 Å². The number of hydrogen-bond acceptors (Lipinski definition) is 3. The fourth-order valence-corrected chi connectivity index (χ4v) is 2.86. The first-order valence-electron chi connectivity index (χ1n) is 7.78. The molecule has 0 saturated carbocycles. The van der Waals surface area contributed by atoms with Crippen LogP contribution in [0.4, 0.5) is 11.4 Å². The summed E-state index contributed by atoms with van der Waals surface area (Å²) in [5.74, 6) is 0.0420. The molecule has 1 aliphatic rings. The lowest BCUT2D eigenvalue weighted by Gasteiger charge is -2.27. The van der Waals surface area contributed by atoms with Gasteiger partial charge in [-0.05, 0) is 62.9 Å². The first-order valence-corrected chi connectivity index (χ1v) is 7.78. The molecule has 1 heterocycles. The third-order valence-electron chi connectivity index (χ3n) is 4.46. The Hall–Kier alpha value is -1.55. The Bertz CT molecular complexity index is 499. The van der Waals surface area contributed by atoms with Gasteiger partial charge < -0.3 is 11.1 Å². The summed E-state index contributed by atoms with van der Waals surface area (Å²) >= 11 is 0. The maximum absolute atomic E-state index is 12.4. The number of nitrogens with one attached hydrogen (secondary N) is 1. The predicted molar refractivity (Wildman–Crippen MR) is 88.2 cm³/mol. The van der Waals surface area contributed by atoms with Crippen LogP contribution < -0.4 is 11.1 Å². The Morgan fingerprint density at radius 2 is 2.10 bits per heavy atom. The predicted octanol–water partition coefficient (Wildman–Crippen LogP) is 3.11. The van der Waals surface area contributed by atoms with E-state index in [0.717, 1.165) is 31.6 Å². The molecular weight excluding hydrogens is 262 g/mol. The zero-order valence-corrected chi connectivity index (χ0v) is 13.4. The van der Waals surface area contributed by atoms with Crippen LogP contribution in [0, 0.1) is 5.41 Å². The van der Waals surface area contributed by atoms with E-state index in [1.807, 2.05) is 25.1 Å². The number of nitrogens with two attached hydrogens (primary N) is 1. The summed E-state index contributed by atoms with van der Waals surface area (Å²) in [5, 5.41) is 2.96. The van der Waals surface area contributed by atoms with Gasteiger partial charge >= 0.3 is 0 Å². The molecule has 0 radical (unpaired) electrons. The molecule has 0 aliphatic carbocycles. The molecule has 2 rings (SSSR count). The van der Waals surface area contributed by atoms with Crippen LogP contribution in [0.15, 0.2) is 24.3 Å². The first-order chi connectivity index (χ1) is 9.87. The van der Waals surface area contributed by atoms with Crippen molar-refractivity contribution in [2.45, 2.75) is 46.1 Å². The quantitative estimate of drug-likeness (QED) is 0.841. The average molecular weight is 289 g/mol. The van der Waals surface area contributed by atoms with Crippen LogP contribution in [0.3, 0.4) is 0 Å². The maximum atomic E-state index is 12.4. The van der Waals surface area contributed by atoms with E-state index in [9.17, 15) is 4.79 Å². The van der Waals surface area contributed by atoms with E-state index in [2.05, 4.69) is 24.1 Å². The molecule has 0 spiro atoms. The van der Waals surface area contributed by atoms with Gasteiger partial charge in [0.15, 0.2) is 0 Å². The van der Waals surface area contributed by atoms with Crippen molar-refractivity contribution >= 4 is 17.3 Å². The summed E-state index contributed by atoms with van der Waals surface area (Å²) in [7, 11) is 0. The molecule has 1 aromatic carbocycles. The van der Waals surface area contributed by atoms with E-state index in [0.29, 0.717) is 11.1 Å². The van der Waals surface area contributed by atoms with Gasteiger partial charge in [-0.1, -0.05) is 19.9 Å². The second kappa shape index (κ2) is 6.48. The largest absolute Gasteiger partial charge is 0.399 e. The van der Waals surface area contributed by atoms with E-state index in [4.69, 9.17) is 5.73 Å². The lowest BCUT2D eigenvalue weighted by Crippen LogP contribution is -2.42. The summed E-state index contributed by atoms with van der Waals surface area (Å²) in [6, 6.07) is 7.21. The molecule has 0 bridgehead atoms. The molecular formula is C17H27N3O. The zero-order valence-electron chi connectivity index (χ0n) is 13.4. The summed E-state index contributed by atoms with van der Waals surface area (Å²) in [6.45, 7) is 8.59. The number of amides is 1. The molecule has 1 saturated heterocycles. The lowest BCUT2D eigenvalue weighted by molar-refractivity contribution is -0.120. The normalized spacial score (nSPS) is 20.5. The molecule has 1 aromatic rings. The van der Waals surface area contributed by atoms with Gasteiger partial charge in [0.1, 0.15) is 0 Å². The molecule has 1 aliphatic heterocycles. The number of benzene rings is 1. The van der Waals surface area contributed by atoms with Crippen LogP contribution in [-0.2, 0) is 4.79 Å². The van der Waals surface area contributed by atoms with Gasteiger partial charge in [-0.25, -0.2) is 0 Å². The highest BCUT2D eigenvalue weighted by Gasteiger charge is 2.28. The van der Waals surface area contributed by atoms with Crippen molar-refractivity contribution < 1.29 is 4.79 Å². The number of nitrogens with zero attached hydrogens (tertiary/aromatic N) is 1. The Morgan fingerprint density at radius 3 is 2.81 bits per heavy atom. The van der Waals surface area contributed by atoms with Crippen molar-refractivity contribution in [1.82, 2.24) is 4.90 Å². The highest BCUT2D eigenvalue weighted by atomic mass is 16.2. The summed E-state index contributed by atoms with van der Waals surface area (Å²) in [6.07, 6.45) is 3.53. The summed E-state index contributed by atoms with van der Waals surface area (Å²) in [5.41, 5.74) is 7.56. The molecule has 0 aromatic heterocycles. The third kappa shape index (κ3) is 4.46. The number of carbonyl (C=O) groups excluding carboxylic acids is 1. The SMILES string of the molecule is CC(C(=O)Nc1cccc(N)c1)N1CCCC(C)(C)CC1. The molecule has 21 heavy (non-hydrogen) atoms. The molecule has 3 N–H and O–H groups in total. The Labute approximate surface area is 127 Å². The van der Waals surface area contributed by atoms with Crippen molar-refractivity contribution in [3.8, 4) is 0 Å². The minimum absolute atomic E-state index is 0.0420.